The number of hydrogen-bond donors (Lipinski definition) is 0. The molecule has 0 saturated carbocycles. The third-order valence-electron chi connectivity index (χ3n) is 3.64. The van der Waals surface area contributed by atoms with Crippen LogP contribution < -0.4 is 0 Å². The molecule has 2 heterocycles. The van der Waals surface area contributed by atoms with Crippen molar-refractivity contribution in [2.75, 3.05) is 0 Å². The van der Waals surface area contributed by atoms with Crippen LogP contribution in [0.15, 0.2) is 47.3 Å². The first kappa shape index (κ1) is 13.6. The van der Waals surface area contributed by atoms with Gasteiger partial charge in [0.05, 0.1) is 17.5 Å². The quantitative estimate of drug-likeness (QED) is 0.713. The van der Waals surface area contributed by atoms with Crippen molar-refractivity contribution in [1.29, 1.82) is 0 Å². The summed E-state index contributed by atoms with van der Waals surface area (Å²) in [6.45, 7) is 5.15. The fourth-order valence-corrected chi connectivity index (χ4v) is 2.51. The maximum absolute atomic E-state index is 5.63. The Morgan fingerprint density at radius 3 is 2.76 bits per heavy atom. The smallest absolute Gasteiger partial charge is 0.181 e. The van der Waals surface area contributed by atoms with Crippen LogP contribution in [0, 0.1) is 6.92 Å². The summed E-state index contributed by atoms with van der Waals surface area (Å²) < 4.78 is 7.65. The van der Waals surface area contributed by atoms with Gasteiger partial charge < -0.3 is 4.42 Å². The number of nitrogens with zero attached hydrogens (tertiary/aromatic N) is 3. The zero-order valence-electron chi connectivity index (χ0n) is 12.4. The zero-order chi connectivity index (χ0) is 14.7. The van der Waals surface area contributed by atoms with Gasteiger partial charge >= 0.3 is 0 Å². The standard InChI is InChI=1S/C17H19N3O/c1-3-9-20-13(2)15(11-19-20)17-16(18-12-21-17)10-14-7-5-4-6-8-14/h4-8,11-12H,3,9-10H2,1-2H3. The molecule has 0 unspecified atom stereocenters. The van der Waals surface area contributed by atoms with E-state index >= 15 is 0 Å². The van der Waals surface area contributed by atoms with E-state index in [1.54, 1.807) is 0 Å². The minimum atomic E-state index is 0.769. The van der Waals surface area contributed by atoms with Gasteiger partial charge in [-0.15, -0.1) is 0 Å². The third-order valence-corrected chi connectivity index (χ3v) is 3.64. The molecule has 0 aliphatic carbocycles. The highest BCUT2D eigenvalue weighted by Crippen LogP contribution is 2.27. The van der Waals surface area contributed by atoms with Gasteiger partial charge in [-0.3, -0.25) is 4.68 Å². The number of aryl methyl sites for hydroxylation is 1. The molecule has 2 aromatic heterocycles. The second kappa shape index (κ2) is 5.95. The van der Waals surface area contributed by atoms with Crippen LogP contribution in [0.1, 0.15) is 30.3 Å². The molecule has 0 amide bonds. The summed E-state index contributed by atoms with van der Waals surface area (Å²) in [6.07, 6.45) is 5.23. The molecule has 0 saturated heterocycles. The topological polar surface area (TPSA) is 43.9 Å². The van der Waals surface area contributed by atoms with Crippen LogP contribution in [0.5, 0.6) is 0 Å². The maximum Gasteiger partial charge on any atom is 0.181 e. The SMILES string of the molecule is CCCn1ncc(-c2ocnc2Cc2ccccc2)c1C. The Labute approximate surface area is 124 Å². The Hall–Kier alpha value is -2.36. The van der Waals surface area contributed by atoms with Gasteiger partial charge in [0, 0.05) is 18.7 Å². The molecule has 108 valence electrons. The lowest BCUT2D eigenvalue weighted by Crippen LogP contribution is -2.01. The molecule has 4 nitrogen and oxygen atoms in total. The largest absolute Gasteiger partial charge is 0.443 e. The van der Waals surface area contributed by atoms with Crippen LogP contribution in [0.2, 0.25) is 0 Å². The third kappa shape index (κ3) is 2.75. The molecule has 0 N–H and O–H groups in total. The maximum atomic E-state index is 5.63. The first-order valence-electron chi connectivity index (χ1n) is 7.28. The summed E-state index contributed by atoms with van der Waals surface area (Å²) in [5, 5.41) is 4.44. The molecular formula is C17H19N3O. The van der Waals surface area contributed by atoms with Gasteiger partial charge in [-0.2, -0.15) is 5.10 Å². The van der Waals surface area contributed by atoms with Crippen LogP contribution in [0.25, 0.3) is 11.3 Å². The van der Waals surface area contributed by atoms with E-state index in [0.29, 0.717) is 0 Å². The summed E-state index contributed by atoms with van der Waals surface area (Å²) in [5.74, 6) is 0.832. The summed E-state index contributed by atoms with van der Waals surface area (Å²) in [6, 6.07) is 10.3. The van der Waals surface area contributed by atoms with Gasteiger partial charge in [-0.25, -0.2) is 4.98 Å². The van der Waals surface area contributed by atoms with Crippen molar-refractivity contribution in [3.8, 4) is 11.3 Å². The molecule has 21 heavy (non-hydrogen) atoms. The van der Waals surface area contributed by atoms with Crippen molar-refractivity contribution in [3.63, 3.8) is 0 Å². The molecule has 0 spiro atoms. The van der Waals surface area contributed by atoms with Crippen molar-refractivity contribution in [1.82, 2.24) is 14.8 Å². The zero-order valence-corrected chi connectivity index (χ0v) is 12.4. The van der Waals surface area contributed by atoms with Gasteiger partial charge in [0.1, 0.15) is 0 Å². The van der Waals surface area contributed by atoms with E-state index < -0.39 is 0 Å². The summed E-state index contributed by atoms with van der Waals surface area (Å²) >= 11 is 0. The van der Waals surface area contributed by atoms with Gasteiger partial charge in [-0.1, -0.05) is 37.3 Å². The van der Waals surface area contributed by atoms with E-state index in [1.165, 1.54) is 12.0 Å². The predicted octanol–water partition coefficient (Wildman–Crippen LogP) is 3.85. The molecule has 0 aliphatic rings. The molecule has 0 radical (unpaired) electrons. The second-order valence-electron chi connectivity index (χ2n) is 5.16. The number of benzene rings is 1. The van der Waals surface area contributed by atoms with Crippen LogP contribution in [-0.4, -0.2) is 14.8 Å². The van der Waals surface area contributed by atoms with Crippen LogP contribution in [0.3, 0.4) is 0 Å². The lowest BCUT2D eigenvalue weighted by Gasteiger charge is -2.04. The lowest BCUT2D eigenvalue weighted by molar-refractivity contribution is 0.568. The van der Waals surface area contributed by atoms with E-state index in [2.05, 4.69) is 36.1 Å². The number of hydrogen-bond acceptors (Lipinski definition) is 3. The molecule has 0 atom stereocenters. The Morgan fingerprint density at radius 2 is 2.00 bits per heavy atom. The average molecular weight is 281 g/mol. The van der Waals surface area contributed by atoms with E-state index in [4.69, 9.17) is 4.42 Å². The van der Waals surface area contributed by atoms with Gasteiger partial charge in [-0.05, 0) is 18.9 Å². The summed E-state index contributed by atoms with van der Waals surface area (Å²) in [5.41, 5.74) is 4.35. The Kier molecular flexibility index (Phi) is 3.86. The van der Waals surface area contributed by atoms with Gasteiger partial charge in [0.25, 0.3) is 0 Å². The first-order chi connectivity index (χ1) is 10.3. The fraction of sp³-hybridized carbons (Fsp3) is 0.294. The van der Waals surface area contributed by atoms with E-state index in [1.807, 2.05) is 29.1 Å². The van der Waals surface area contributed by atoms with Crippen molar-refractivity contribution in [2.45, 2.75) is 33.2 Å². The first-order valence-corrected chi connectivity index (χ1v) is 7.28. The lowest BCUT2D eigenvalue weighted by atomic mass is 10.1. The Bertz CT molecular complexity index is 713. The highest BCUT2D eigenvalue weighted by Gasteiger charge is 2.16. The number of aromatic nitrogens is 3. The molecule has 0 aliphatic heterocycles. The van der Waals surface area contributed by atoms with Crippen LogP contribution in [0.4, 0.5) is 0 Å². The van der Waals surface area contributed by atoms with Crippen molar-refractivity contribution >= 4 is 0 Å². The van der Waals surface area contributed by atoms with E-state index in [9.17, 15) is 0 Å². The molecule has 3 aromatic rings. The monoisotopic (exact) mass is 281 g/mol. The van der Waals surface area contributed by atoms with Crippen molar-refractivity contribution < 1.29 is 4.42 Å². The molecule has 4 heteroatoms. The Morgan fingerprint density at radius 1 is 1.19 bits per heavy atom. The minimum absolute atomic E-state index is 0.769. The molecule has 1 aromatic carbocycles. The van der Waals surface area contributed by atoms with E-state index in [-0.39, 0.29) is 0 Å². The molecule has 0 fully saturated rings. The average Bonchev–Trinajstić information content (AvgIpc) is 3.08. The van der Waals surface area contributed by atoms with Gasteiger partial charge in [0.2, 0.25) is 0 Å². The predicted molar refractivity (Wildman–Crippen MR) is 82.0 cm³/mol. The fourth-order valence-electron chi connectivity index (χ4n) is 2.51. The van der Waals surface area contributed by atoms with Crippen molar-refractivity contribution in [2.24, 2.45) is 0 Å². The van der Waals surface area contributed by atoms with Gasteiger partial charge in [0.15, 0.2) is 12.2 Å². The summed E-state index contributed by atoms with van der Waals surface area (Å²) in [7, 11) is 0. The number of oxazole rings is 1. The molecule has 3 rings (SSSR count). The number of rotatable bonds is 5. The molecular weight excluding hydrogens is 262 g/mol. The summed E-state index contributed by atoms with van der Waals surface area (Å²) in [4.78, 5) is 4.38. The second-order valence-corrected chi connectivity index (χ2v) is 5.16. The van der Waals surface area contributed by atoms with Crippen molar-refractivity contribution in [3.05, 3.63) is 59.9 Å². The minimum Gasteiger partial charge on any atom is -0.443 e. The Balaban J connectivity index is 1.92. The van der Waals surface area contributed by atoms with Crippen LogP contribution >= 0.6 is 0 Å². The van der Waals surface area contributed by atoms with Crippen LogP contribution in [-0.2, 0) is 13.0 Å². The normalized spacial score (nSPS) is 11.0. The highest BCUT2D eigenvalue weighted by molar-refractivity contribution is 5.62. The highest BCUT2D eigenvalue weighted by atomic mass is 16.3. The van der Waals surface area contributed by atoms with E-state index in [0.717, 1.165) is 42.1 Å². The molecule has 0 bridgehead atoms.